The highest BCUT2D eigenvalue weighted by Gasteiger charge is 2.44. The van der Waals surface area contributed by atoms with Crippen LogP contribution < -0.4 is 20.1 Å². The van der Waals surface area contributed by atoms with Crippen molar-refractivity contribution in [2.75, 3.05) is 14.9 Å². The summed E-state index contributed by atoms with van der Waals surface area (Å²) in [4.78, 5) is 28.0. The predicted octanol–water partition coefficient (Wildman–Crippen LogP) is 2.67. The van der Waals surface area contributed by atoms with Gasteiger partial charge in [-0.1, -0.05) is 12.1 Å². The number of benzene rings is 3. The molecule has 0 bridgehead atoms. The van der Waals surface area contributed by atoms with Crippen molar-refractivity contribution < 1.29 is 35.2 Å². The number of Topliss-reactive ketones (excluding diaryl/α,β-unsaturated/α-hetero) is 1. The van der Waals surface area contributed by atoms with Gasteiger partial charge in [0.05, 0.1) is 33.9 Å². The molecular weight excluding hydrogens is 542 g/mol. The number of hydrogen-bond donors (Lipinski definition) is 3. The van der Waals surface area contributed by atoms with Crippen LogP contribution in [0.3, 0.4) is 0 Å². The Kier molecular flexibility index (Phi) is 6.04. The Hall–Kier alpha value is -4.14. The molecule has 0 saturated heterocycles. The molecule has 10 nitrogen and oxygen atoms in total. The molecule has 1 atom stereocenters. The molecule has 1 amide bonds. The molecule has 0 spiro atoms. The quantitative estimate of drug-likeness (QED) is 0.405. The van der Waals surface area contributed by atoms with Gasteiger partial charge in [0.15, 0.2) is 5.78 Å². The Morgan fingerprint density at radius 2 is 1.66 bits per heavy atom. The number of hydrogen-bond acceptors (Lipinski definition) is 7. The van der Waals surface area contributed by atoms with E-state index < -0.39 is 49.3 Å². The summed E-state index contributed by atoms with van der Waals surface area (Å²) in [6.07, 6.45) is 0. The molecule has 196 valence electrons. The van der Waals surface area contributed by atoms with E-state index in [-0.39, 0.29) is 39.8 Å². The number of nitrogens with two attached hydrogens (primary N) is 1. The van der Waals surface area contributed by atoms with Crippen LogP contribution in [0.1, 0.15) is 15.9 Å². The summed E-state index contributed by atoms with van der Waals surface area (Å²) in [5.74, 6) is -4.47. The summed E-state index contributed by atoms with van der Waals surface area (Å²) in [7, 11) is -8.45. The van der Waals surface area contributed by atoms with Gasteiger partial charge in [-0.2, -0.15) is 8.42 Å². The lowest BCUT2D eigenvalue weighted by molar-refractivity contribution is -0.120. The highest BCUT2D eigenvalue weighted by Crippen LogP contribution is 2.39. The molecule has 0 saturated carbocycles. The minimum Gasteiger partial charge on any atom is -0.356 e. The molecule has 14 heteroatoms. The third-order valence-corrected chi connectivity index (χ3v) is 8.00. The molecule has 1 unspecified atom stereocenters. The standard InChI is InChI=1S/C24H18F2N4O6S2/c25-14-3-1-13(2-4-14)11-30-20-8-5-15(26)9-17(20)23(31)22(24(30)32)19-12-37(33,34)21-10-16(29-38(27,35)36)6-7-18(21)28-19/h1-10,12,22,28-29H,11H2,(H2,27,35,36). The fourth-order valence-electron chi connectivity index (χ4n) is 4.34. The second kappa shape index (κ2) is 9.01. The predicted molar refractivity (Wildman–Crippen MR) is 134 cm³/mol. The number of nitrogens with zero attached hydrogens (tertiary/aromatic N) is 1. The zero-order chi connectivity index (χ0) is 27.4. The van der Waals surface area contributed by atoms with Crippen molar-refractivity contribution in [1.82, 2.24) is 0 Å². The number of amides is 1. The third kappa shape index (κ3) is 4.76. The van der Waals surface area contributed by atoms with Gasteiger partial charge in [0.25, 0.3) is 10.2 Å². The monoisotopic (exact) mass is 560 g/mol. The molecule has 3 aromatic rings. The maximum atomic E-state index is 14.1. The molecule has 0 fully saturated rings. The molecule has 5 rings (SSSR count). The Balaban J connectivity index is 1.57. The van der Waals surface area contributed by atoms with Gasteiger partial charge in [-0.3, -0.25) is 14.3 Å². The van der Waals surface area contributed by atoms with Crippen molar-refractivity contribution in [1.29, 1.82) is 0 Å². The van der Waals surface area contributed by atoms with Gasteiger partial charge >= 0.3 is 0 Å². The highest BCUT2D eigenvalue weighted by atomic mass is 32.2. The SMILES string of the molecule is NS(=O)(=O)Nc1ccc2c(c1)S(=O)(=O)C=C(C1C(=O)c3cc(F)ccc3N(Cc3ccc(F)cc3)C1=O)N2. The number of carbonyl (C=O) groups is 2. The van der Waals surface area contributed by atoms with E-state index in [1.165, 1.54) is 47.4 Å². The van der Waals surface area contributed by atoms with Crippen LogP contribution in [-0.2, 0) is 31.4 Å². The topological polar surface area (TPSA) is 156 Å². The first-order chi connectivity index (χ1) is 17.8. The molecule has 38 heavy (non-hydrogen) atoms. The van der Waals surface area contributed by atoms with Crippen molar-refractivity contribution in [3.8, 4) is 0 Å². The van der Waals surface area contributed by atoms with Crippen molar-refractivity contribution in [3.05, 3.63) is 94.5 Å². The van der Waals surface area contributed by atoms with Gasteiger partial charge in [-0.05, 0) is 54.1 Å². The van der Waals surface area contributed by atoms with Crippen molar-refractivity contribution in [2.45, 2.75) is 11.4 Å². The Morgan fingerprint density at radius 3 is 2.34 bits per heavy atom. The average Bonchev–Trinajstić information content (AvgIpc) is 2.82. The maximum Gasteiger partial charge on any atom is 0.296 e. The van der Waals surface area contributed by atoms with Gasteiger partial charge in [0.2, 0.25) is 15.7 Å². The first-order valence-corrected chi connectivity index (χ1v) is 14.0. The summed E-state index contributed by atoms with van der Waals surface area (Å²) in [6.45, 7) is -0.0965. The number of fused-ring (bicyclic) bond motifs is 2. The van der Waals surface area contributed by atoms with Gasteiger partial charge in [0, 0.05) is 11.3 Å². The molecular formula is C24H18F2N4O6S2. The van der Waals surface area contributed by atoms with E-state index in [1.54, 1.807) is 0 Å². The molecule has 3 aromatic carbocycles. The third-order valence-electron chi connectivity index (χ3n) is 5.96. The van der Waals surface area contributed by atoms with Gasteiger partial charge in [-0.25, -0.2) is 22.3 Å². The molecule has 2 heterocycles. The minimum absolute atomic E-state index is 0.0156. The lowest BCUT2D eigenvalue weighted by Crippen LogP contribution is -2.46. The van der Waals surface area contributed by atoms with Crippen LogP contribution in [0.2, 0.25) is 0 Å². The fourth-order valence-corrected chi connectivity index (χ4v) is 6.17. The zero-order valence-corrected chi connectivity index (χ0v) is 20.8. The molecule has 2 aliphatic rings. The summed E-state index contributed by atoms with van der Waals surface area (Å²) in [5.41, 5.74) is 0.113. The molecule has 0 aromatic heterocycles. The van der Waals surface area contributed by atoms with Gasteiger partial charge in [0.1, 0.15) is 17.6 Å². The number of sulfone groups is 1. The molecule has 0 aliphatic carbocycles. The summed E-state index contributed by atoms with van der Waals surface area (Å²) >= 11 is 0. The number of ketones is 1. The largest absolute Gasteiger partial charge is 0.356 e. The van der Waals surface area contributed by atoms with Crippen LogP contribution in [0.25, 0.3) is 0 Å². The fraction of sp³-hybridized carbons (Fsp3) is 0.0833. The van der Waals surface area contributed by atoms with Crippen molar-refractivity contribution in [3.63, 3.8) is 0 Å². The van der Waals surface area contributed by atoms with E-state index in [4.69, 9.17) is 5.14 Å². The van der Waals surface area contributed by atoms with Crippen LogP contribution in [0.5, 0.6) is 0 Å². The average molecular weight is 561 g/mol. The van der Waals surface area contributed by atoms with E-state index in [0.29, 0.717) is 11.0 Å². The number of rotatable bonds is 5. The summed E-state index contributed by atoms with van der Waals surface area (Å²) in [5, 5.41) is 8.42. The van der Waals surface area contributed by atoms with Crippen molar-refractivity contribution in [2.24, 2.45) is 11.1 Å². The Morgan fingerprint density at radius 1 is 0.974 bits per heavy atom. The molecule has 4 N–H and O–H groups in total. The minimum atomic E-state index is -4.27. The number of nitrogens with one attached hydrogen (secondary N) is 2. The number of halogens is 2. The Bertz CT molecular complexity index is 1760. The highest BCUT2D eigenvalue weighted by molar-refractivity contribution is 7.94. The van der Waals surface area contributed by atoms with Gasteiger partial charge < -0.3 is 10.2 Å². The Labute approximate surface area is 215 Å². The summed E-state index contributed by atoms with van der Waals surface area (Å²) in [6, 6.07) is 12.1. The summed E-state index contributed by atoms with van der Waals surface area (Å²) < 4.78 is 78.4. The first-order valence-electron chi connectivity index (χ1n) is 10.9. The zero-order valence-electron chi connectivity index (χ0n) is 19.2. The second-order valence-electron chi connectivity index (χ2n) is 8.61. The second-order valence-corrected chi connectivity index (χ2v) is 11.7. The van der Waals surface area contributed by atoms with E-state index in [9.17, 15) is 35.2 Å². The first kappa shape index (κ1) is 25.5. The normalized spacial score (nSPS) is 18.2. The van der Waals surface area contributed by atoms with E-state index in [1.807, 2.05) is 4.72 Å². The van der Waals surface area contributed by atoms with Crippen LogP contribution in [0.4, 0.5) is 25.8 Å². The van der Waals surface area contributed by atoms with Crippen LogP contribution in [0.15, 0.2) is 76.7 Å². The number of carbonyl (C=O) groups excluding carboxylic acids is 2. The van der Waals surface area contributed by atoms with Crippen LogP contribution in [0, 0.1) is 17.6 Å². The van der Waals surface area contributed by atoms with Crippen molar-refractivity contribution >= 4 is 48.8 Å². The lowest BCUT2D eigenvalue weighted by atomic mass is 9.87. The number of anilines is 3. The van der Waals surface area contributed by atoms with Gasteiger partial charge in [-0.15, -0.1) is 0 Å². The maximum absolute atomic E-state index is 14.1. The van der Waals surface area contributed by atoms with E-state index in [2.05, 4.69) is 5.32 Å². The lowest BCUT2D eigenvalue weighted by Gasteiger charge is -2.35. The van der Waals surface area contributed by atoms with E-state index in [0.717, 1.165) is 18.2 Å². The molecule has 2 aliphatic heterocycles. The smallest absolute Gasteiger partial charge is 0.296 e. The van der Waals surface area contributed by atoms with Crippen LogP contribution >= 0.6 is 0 Å². The molecule has 0 radical (unpaired) electrons. The van der Waals surface area contributed by atoms with E-state index >= 15 is 0 Å². The van der Waals surface area contributed by atoms with Crippen LogP contribution in [-0.4, -0.2) is 28.5 Å².